The monoisotopic (exact) mass is 146 g/mol. The van der Waals surface area contributed by atoms with E-state index >= 15 is 0 Å². The van der Waals surface area contributed by atoms with E-state index in [0.29, 0.717) is 0 Å². The molecule has 0 saturated carbocycles. The molecule has 0 amide bonds. The number of fused-ring (bicyclic) bond motifs is 1. The second-order valence-corrected chi connectivity index (χ2v) is 2.74. The summed E-state index contributed by atoms with van der Waals surface area (Å²) in [5.41, 5.74) is 8.97. The molecule has 56 valence electrons. The maximum Gasteiger partial charge on any atom is 0.0430 e. The molecule has 1 aromatic carbocycles. The minimum atomic E-state index is 0.817. The summed E-state index contributed by atoms with van der Waals surface area (Å²) in [6, 6.07) is 5.99. The van der Waals surface area contributed by atoms with Gasteiger partial charge in [0.05, 0.1) is 0 Å². The molecule has 1 aromatic rings. The molecule has 1 aliphatic rings. The zero-order valence-electron chi connectivity index (χ0n) is 6.25. The number of nitrogens with zero attached hydrogens (tertiary/aromatic N) is 1. The van der Waals surface area contributed by atoms with Crippen molar-refractivity contribution in [1.29, 1.82) is 0 Å². The van der Waals surface area contributed by atoms with Crippen molar-refractivity contribution in [2.75, 3.05) is 12.3 Å². The third-order valence-electron chi connectivity index (χ3n) is 1.91. The van der Waals surface area contributed by atoms with E-state index in [0.717, 1.165) is 18.7 Å². The number of hydrogen-bond donors (Lipinski definition) is 1. The van der Waals surface area contributed by atoms with E-state index in [1.807, 2.05) is 18.3 Å². The van der Waals surface area contributed by atoms with Gasteiger partial charge in [0.25, 0.3) is 0 Å². The van der Waals surface area contributed by atoms with Crippen LogP contribution >= 0.6 is 0 Å². The van der Waals surface area contributed by atoms with Gasteiger partial charge in [-0.3, -0.25) is 4.99 Å². The van der Waals surface area contributed by atoms with Gasteiger partial charge in [0, 0.05) is 18.4 Å². The summed E-state index contributed by atoms with van der Waals surface area (Å²) in [6.07, 6.45) is 2.95. The van der Waals surface area contributed by atoms with Crippen LogP contribution in [0.1, 0.15) is 11.1 Å². The third-order valence-corrected chi connectivity index (χ3v) is 1.91. The van der Waals surface area contributed by atoms with Crippen LogP contribution in [0.4, 0.5) is 5.69 Å². The van der Waals surface area contributed by atoms with Crippen LogP contribution < -0.4 is 5.73 Å². The first-order chi connectivity index (χ1) is 5.36. The van der Waals surface area contributed by atoms with Crippen molar-refractivity contribution in [2.24, 2.45) is 4.99 Å². The van der Waals surface area contributed by atoms with Gasteiger partial charge in [-0.2, -0.15) is 0 Å². The summed E-state index contributed by atoms with van der Waals surface area (Å²) in [5, 5.41) is 0. The van der Waals surface area contributed by atoms with Crippen LogP contribution in [-0.4, -0.2) is 12.8 Å². The quantitative estimate of drug-likeness (QED) is 0.549. The number of anilines is 1. The SMILES string of the molecule is Nc1ccc2c(c1)C=NCC2. The van der Waals surface area contributed by atoms with Crippen LogP contribution in [0.3, 0.4) is 0 Å². The van der Waals surface area contributed by atoms with E-state index in [9.17, 15) is 0 Å². The van der Waals surface area contributed by atoms with E-state index < -0.39 is 0 Å². The molecule has 1 heterocycles. The number of nitrogens with two attached hydrogens (primary N) is 1. The smallest absolute Gasteiger partial charge is 0.0430 e. The molecule has 2 heteroatoms. The maximum absolute atomic E-state index is 5.62. The molecule has 1 aliphatic heterocycles. The van der Waals surface area contributed by atoms with E-state index in [1.165, 1.54) is 11.1 Å². The van der Waals surface area contributed by atoms with E-state index in [2.05, 4.69) is 11.1 Å². The zero-order valence-corrected chi connectivity index (χ0v) is 6.25. The van der Waals surface area contributed by atoms with Crippen molar-refractivity contribution < 1.29 is 0 Å². The lowest BCUT2D eigenvalue weighted by atomic mass is 10.0. The molecule has 0 aliphatic carbocycles. The molecule has 0 atom stereocenters. The van der Waals surface area contributed by atoms with Gasteiger partial charge in [0.15, 0.2) is 0 Å². The predicted octanol–water partition coefficient (Wildman–Crippen LogP) is 1.24. The molecule has 11 heavy (non-hydrogen) atoms. The number of nitrogen functional groups attached to an aromatic ring is 1. The van der Waals surface area contributed by atoms with Gasteiger partial charge in [0.2, 0.25) is 0 Å². The van der Waals surface area contributed by atoms with Crippen LogP contribution in [0, 0.1) is 0 Å². The topological polar surface area (TPSA) is 38.4 Å². The van der Waals surface area contributed by atoms with Crippen LogP contribution in [0.25, 0.3) is 0 Å². The summed E-state index contributed by atoms with van der Waals surface area (Å²) in [4.78, 5) is 4.18. The Bertz CT molecular complexity index is 302. The molecular formula is C9H10N2. The molecule has 2 nitrogen and oxygen atoms in total. The Labute approximate surface area is 65.8 Å². The minimum Gasteiger partial charge on any atom is -0.399 e. The fourth-order valence-electron chi connectivity index (χ4n) is 1.31. The van der Waals surface area contributed by atoms with Crippen LogP contribution in [0.5, 0.6) is 0 Å². The van der Waals surface area contributed by atoms with Crippen molar-refractivity contribution >= 4 is 11.9 Å². The summed E-state index contributed by atoms with van der Waals surface area (Å²) >= 11 is 0. The Morgan fingerprint density at radius 2 is 2.27 bits per heavy atom. The molecule has 0 saturated heterocycles. The first-order valence-electron chi connectivity index (χ1n) is 3.74. The Morgan fingerprint density at radius 3 is 3.18 bits per heavy atom. The fraction of sp³-hybridized carbons (Fsp3) is 0.222. The molecule has 0 unspecified atom stereocenters. The highest BCUT2D eigenvalue weighted by atomic mass is 14.7. The van der Waals surface area contributed by atoms with Gasteiger partial charge in [-0.15, -0.1) is 0 Å². The lowest BCUT2D eigenvalue weighted by Crippen LogP contribution is -2.03. The Balaban J connectivity index is 2.54. The third kappa shape index (κ3) is 1.11. The molecule has 2 N–H and O–H groups in total. The molecular weight excluding hydrogens is 136 g/mol. The highest BCUT2D eigenvalue weighted by Gasteiger charge is 2.03. The first kappa shape index (κ1) is 6.40. The Morgan fingerprint density at radius 1 is 1.36 bits per heavy atom. The van der Waals surface area contributed by atoms with Crippen LogP contribution in [0.2, 0.25) is 0 Å². The first-order valence-corrected chi connectivity index (χ1v) is 3.74. The zero-order chi connectivity index (χ0) is 7.68. The average Bonchev–Trinajstić information content (AvgIpc) is 2.04. The minimum absolute atomic E-state index is 0.817. The molecule has 0 radical (unpaired) electrons. The molecule has 2 rings (SSSR count). The average molecular weight is 146 g/mol. The van der Waals surface area contributed by atoms with Gasteiger partial charge < -0.3 is 5.73 Å². The standard InChI is InChI=1S/C9H10N2/c10-9-2-1-7-3-4-11-6-8(7)5-9/h1-2,5-6H,3-4,10H2. The van der Waals surface area contributed by atoms with E-state index in [1.54, 1.807) is 0 Å². The number of benzene rings is 1. The van der Waals surface area contributed by atoms with Crippen LogP contribution in [-0.2, 0) is 6.42 Å². The van der Waals surface area contributed by atoms with Gasteiger partial charge in [-0.1, -0.05) is 6.07 Å². The molecule has 0 fully saturated rings. The van der Waals surface area contributed by atoms with Crippen molar-refractivity contribution in [3.05, 3.63) is 29.3 Å². The Kier molecular flexibility index (Phi) is 1.39. The molecule has 0 aromatic heterocycles. The summed E-state index contributed by atoms with van der Waals surface area (Å²) < 4.78 is 0. The van der Waals surface area contributed by atoms with Crippen molar-refractivity contribution in [2.45, 2.75) is 6.42 Å². The van der Waals surface area contributed by atoms with Gasteiger partial charge in [0.1, 0.15) is 0 Å². The highest BCUT2D eigenvalue weighted by Crippen LogP contribution is 2.14. The van der Waals surface area contributed by atoms with E-state index in [4.69, 9.17) is 5.73 Å². The van der Waals surface area contributed by atoms with Crippen LogP contribution in [0.15, 0.2) is 23.2 Å². The maximum atomic E-state index is 5.62. The number of hydrogen-bond acceptors (Lipinski definition) is 2. The molecule has 0 bridgehead atoms. The normalized spacial score (nSPS) is 14.5. The summed E-state index contributed by atoms with van der Waals surface area (Å²) in [7, 11) is 0. The summed E-state index contributed by atoms with van der Waals surface area (Å²) in [5.74, 6) is 0. The predicted molar refractivity (Wildman–Crippen MR) is 47.0 cm³/mol. The largest absolute Gasteiger partial charge is 0.399 e. The number of aliphatic imine (C=N–C) groups is 1. The van der Waals surface area contributed by atoms with Gasteiger partial charge in [-0.25, -0.2) is 0 Å². The second-order valence-electron chi connectivity index (χ2n) is 2.74. The molecule has 0 spiro atoms. The van der Waals surface area contributed by atoms with Crippen molar-refractivity contribution in [3.63, 3.8) is 0 Å². The Hall–Kier alpha value is -1.31. The van der Waals surface area contributed by atoms with Crippen molar-refractivity contribution in [1.82, 2.24) is 0 Å². The fourth-order valence-corrected chi connectivity index (χ4v) is 1.31. The van der Waals surface area contributed by atoms with Gasteiger partial charge in [-0.05, 0) is 29.7 Å². The van der Waals surface area contributed by atoms with Gasteiger partial charge >= 0.3 is 0 Å². The lowest BCUT2D eigenvalue weighted by molar-refractivity contribution is 0.953. The second kappa shape index (κ2) is 2.38. The number of rotatable bonds is 0. The lowest BCUT2D eigenvalue weighted by Gasteiger charge is -2.09. The highest BCUT2D eigenvalue weighted by molar-refractivity contribution is 5.84. The summed E-state index contributed by atoms with van der Waals surface area (Å²) in [6.45, 7) is 0.914. The van der Waals surface area contributed by atoms with E-state index in [-0.39, 0.29) is 0 Å². The van der Waals surface area contributed by atoms with Crippen molar-refractivity contribution in [3.8, 4) is 0 Å².